The molecule has 1 rings (SSSR count). The summed E-state index contributed by atoms with van der Waals surface area (Å²) in [5, 5.41) is 8.91. The number of nitrogens with one attached hydrogen (secondary N) is 1. The zero-order valence-corrected chi connectivity index (χ0v) is 6.88. The molecule has 1 heterocycles. The van der Waals surface area contributed by atoms with Crippen molar-refractivity contribution in [1.29, 1.82) is 0 Å². The number of H-pyrrole nitrogens is 1. The van der Waals surface area contributed by atoms with Crippen molar-refractivity contribution >= 4 is 0 Å². The highest BCUT2D eigenvalue weighted by atomic mass is 16.3. The quantitative estimate of drug-likeness (QED) is 0.676. The molecule has 1 atom stereocenters. The maximum atomic E-state index is 8.91. The summed E-state index contributed by atoms with van der Waals surface area (Å²) in [6, 6.07) is 2.05. The third kappa shape index (κ3) is 2.39. The molecule has 0 bridgehead atoms. The summed E-state index contributed by atoms with van der Waals surface area (Å²) in [4.78, 5) is 3.00. The van der Waals surface area contributed by atoms with E-state index in [1.54, 1.807) is 0 Å². The SMILES string of the molecule is CCC(CO)Cc1cc[nH]c1. The summed E-state index contributed by atoms with van der Waals surface area (Å²) in [6.45, 7) is 2.40. The topological polar surface area (TPSA) is 36.0 Å². The van der Waals surface area contributed by atoms with Gasteiger partial charge in [0.2, 0.25) is 0 Å². The molecular formula is C9H15NO. The van der Waals surface area contributed by atoms with E-state index in [0.717, 1.165) is 12.8 Å². The fourth-order valence-corrected chi connectivity index (χ4v) is 1.16. The molecule has 2 N–H and O–H groups in total. The van der Waals surface area contributed by atoms with Crippen LogP contribution in [0.15, 0.2) is 18.5 Å². The molecule has 1 unspecified atom stereocenters. The summed E-state index contributed by atoms with van der Waals surface area (Å²) in [5.41, 5.74) is 1.28. The molecule has 1 aromatic rings. The zero-order chi connectivity index (χ0) is 8.10. The standard InChI is InChI=1S/C9H15NO/c1-2-8(7-11)5-9-3-4-10-6-9/h3-4,6,8,10-11H,2,5,7H2,1H3. The van der Waals surface area contributed by atoms with Crippen LogP contribution in [0.3, 0.4) is 0 Å². The van der Waals surface area contributed by atoms with Gasteiger partial charge in [0.25, 0.3) is 0 Å². The third-order valence-electron chi connectivity index (χ3n) is 2.02. The Morgan fingerprint density at radius 3 is 2.91 bits per heavy atom. The van der Waals surface area contributed by atoms with E-state index in [2.05, 4.69) is 18.0 Å². The number of hydrogen-bond acceptors (Lipinski definition) is 1. The number of rotatable bonds is 4. The average molecular weight is 153 g/mol. The molecule has 0 fully saturated rings. The maximum absolute atomic E-state index is 8.91. The van der Waals surface area contributed by atoms with Crippen molar-refractivity contribution in [3.05, 3.63) is 24.0 Å². The summed E-state index contributed by atoms with van der Waals surface area (Å²) in [5.74, 6) is 0.422. The molecule has 0 aromatic carbocycles. The highest BCUT2D eigenvalue weighted by Gasteiger charge is 2.05. The number of aliphatic hydroxyl groups excluding tert-OH is 1. The van der Waals surface area contributed by atoms with Crippen LogP contribution in [-0.2, 0) is 6.42 Å². The van der Waals surface area contributed by atoms with Gasteiger partial charge in [0.05, 0.1) is 0 Å². The molecular weight excluding hydrogens is 138 g/mol. The van der Waals surface area contributed by atoms with Gasteiger partial charge in [0, 0.05) is 19.0 Å². The van der Waals surface area contributed by atoms with Gasteiger partial charge < -0.3 is 10.1 Å². The van der Waals surface area contributed by atoms with Crippen molar-refractivity contribution < 1.29 is 5.11 Å². The van der Waals surface area contributed by atoms with E-state index in [4.69, 9.17) is 5.11 Å². The van der Waals surface area contributed by atoms with Gasteiger partial charge >= 0.3 is 0 Å². The predicted octanol–water partition coefficient (Wildman–Crippen LogP) is 1.58. The Balaban J connectivity index is 2.41. The van der Waals surface area contributed by atoms with E-state index in [1.807, 2.05) is 12.4 Å². The molecule has 0 spiro atoms. The van der Waals surface area contributed by atoms with Crippen LogP contribution in [-0.4, -0.2) is 16.7 Å². The van der Waals surface area contributed by atoms with Crippen molar-refractivity contribution in [2.45, 2.75) is 19.8 Å². The lowest BCUT2D eigenvalue weighted by molar-refractivity contribution is 0.222. The molecule has 0 aliphatic heterocycles. The smallest absolute Gasteiger partial charge is 0.0462 e. The van der Waals surface area contributed by atoms with Crippen LogP contribution in [0.4, 0.5) is 0 Å². The van der Waals surface area contributed by atoms with E-state index < -0.39 is 0 Å². The number of aromatic nitrogens is 1. The number of hydrogen-bond donors (Lipinski definition) is 2. The Morgan fingerprint density at radius 2 is 2.45 bits per heavy atom. The van der Waals surface area contributed by atoms with Crippen molar-refractivity contribution in [3.63, 3.8) is 0 Å². The van der Waals surface area contributed by atoms with Crippen LogP contribution in [0, 0.1) is 5.92 Å². The maximum Gasteiger partial charge on any atom is 0.0462 e. The number of aromatic amines is 1. The van der Waals surface area contributed by atoms with E-state index in [-0.39, 0.29) is 0 Å². The second kappa shape index (κ2) is 4.19. The molecule has 0 aliphatic carbocycles. The fraction of sp³-hybridized carbons (Fsp3) is 0.556. The van der Waals surface area contributed by atoms with Gasteiger partial charge in [-0.2, -0.15) is 0 Å². The van der Waals surface area contributed by atoms with Gasteiger partial charge in [-0.05, 0) is 24.0 Å². The van der Waals surface area contributed by atoms with Crippen LogP contribution in [0.25, 0.3) is 0 Å². The molecule has 0 saturated carbocycles. The molecule has 1 aromatic heterocycles. The van der Waals surface area contributed by atoms with Gasteiger partial charge in [-0.25, -0.2) is 0 Å². The van der Waals surface area contributed by atoms with Crippen molar-refractivity contribution in [3.8, 4) is 0 Å². The van der Waals surface area contributed by atoms with Crippen LogP contribution >= 0.6 is 0 Å². The molecule has 0 amide bonds. The third-order valence-corrected chi connectivity index (χ3v) is 2.02. The van der Waals surface area contributed by atoms with Gasteiger partial charge in [-0.3, -0.25) is 0 Å². The first kappa shape index (κ1) is 8.34. The summed E-state index contributed by atoms with van der Waals surface area (Å²) >= 11 is 0. The average Bonchev–Trinajstić information content (AvgIpc) is 2.52. The van der Waals surface area contributed by atoms with Crippen LogP contribution in [0.1, 0.15) is 18.9 Å². The summed E-state index contributed by atoms with van der Waals surface area (Å²) < 4.78 is 0. The molecule has 11 heavy (non-hydrogen) atoms. The van der Waals surface area contributed by atoms with Gasteiger partial charge in [0.15, 0.2) is 0 Å². The van der Waals surface area contributed by atoms with Gasteiger partial charge in [-0.15, -0.1) is 0 Å². The van der Waals surface area contributed by atoms with E-state index in [9.17, 15) is 0 Å². The van der Waals surface area contributed by atoms with Gasteiger partial charge in [-0.1, -0.05) is 13.3 Å². The predicted molar refractivity (Wildman–Crippen MR) is 45.4 cm³/mol. The number of aliphatic hydroxyl groups is 1. The monoisotopic (exact) mass is 153 g/mol. The fourth-order valence-electron chi connectivity index (χ4n) is 1.16. The van der Waals surface area contributed by atoms with Gasteiger partial charge in [0.1, 0.15) is 0 Å². The van der Waals surface area contributed by atoms with Crippen LogP contribution < -0.4 is 0 Å². The normalized spacial score (nSPS) is 13.3. The molecule has 2 heteroatoms. The minimum Gasteiger partial charge on any atom is -0.396 e. The minimum atomic E-state index is 0.293. The Kier molecular flexibility index (Phi) is 3.17. The van der Waals surface area contributed by atoms with Crippen molar-refractivity contribution in [2.24, 2.45) is 5.92 Å². The highest BCUT2D eigenvalue weighted by Crippen LogP contribution is 2.10. The molecule has 0 saturated heterocycles. The Labute approximate surface area is 67.3 Å². The largest absolute Gasteiger partial charge is 0.396 e. The van der Waals surface area contributed by atoms with E-state index in [0.29, 0.717) is 12.5 Å². The lowest BCUT2D eigenvalue weighted by Gasteiger charge is -2.08. The minimum absolute atomic E-state index is 0.293. The first-order valence-electron chi connectivity index (χ1n) is 4.09. The van der Waals surface area contributed by atoms with Crippen LogP contribution in [0.2, 0.25) is 0 Å². The molecule has 62 valence electrons. The van der Waals surface area contributed by atoms with E-state index >= 15 is 0 Å². The Bertz CT molecular complexity index is 177. The van der Waals surface area contributed by atoms with Crippen molar-refractivity contribution in [2.75, 3.05) is 6.61 Å². The lowest BCUT2D eigenvalue weighted by atomic mass is 10.00. The van der Waals surface area contributed by atoms with Crippen molar-refractivity contribution in [1.82, 2.24) is 4.98 Å². The van der Waals surface area contributed by atoms with Crippen LogP contribution in [0.5, 0.6) is 0 Å². The first-order chi connectivity index (χ1) is 5.36. The van der Waals surface area contributed by atoms with E-state index in [1.165, 1.54) is 5.56 Å². The molecule has 0 aliphatic rings. The highest BCUT2D eigenvalue weighted by molar-refractivity contribution is 5.08. The first-order valence-corrected chi connectivity index (χ1v) is 4.09. The lowest BCUT2D eigenvalue weighted by Crippen LogP contribution is -2.07. The Morgan fingerprint density at radius 1 is 1.64 bits per heavy atom. The molecule has 0 radical (unpaired) electrons. The summed E-state index contributed by atoms with van der Waals surface area (Å²) in [7, 11) is 0. The second-order valence-electron chi connectivity index (χ2n) is 2.88. The second-order valence-corrected chi connectivity index (χ2v) is 2.88. The summed E-state index contributed by atoms with van der Waals surface area (Å²) in [6.07, 6.45) is 5.93. The zero-order valence-electron chi connectivity index (χ0n) is 6.88. The molecule has 2 nitrogen and oxygen atoms in total. The Hall–Kier alpha value is -0.760.